The van der Waals surface area contributed by atoms with Gasteiger partial charge in [-0.25, -0.2) is 19.4 Å². The van der Waals surface area contributed by atoms with Crippen LogP contribution in [0.5, 0.6) is 11.6 Å². The first-order valence-corrected chi connectivity index (χ1v) is 11.9. The zero-order valence-electron chi connectivity index (χ0n) is 19.2. The van der Waals surface area contributed by atoms with Crippen molar-refractivity contribution < 1.29 is 14.3 Å². The lowest BCUT2D eigenvalue weighted by molar-refractivity contribution is 0.0186. The van der Waals surface area contributed by atoms with E-state index in [1.165, 1.54) is 17.9 Å². The number of hydrogen-bond acceptors (Lipinski definition) is 9. The number of carbonyl (C=O) groups is 1. The van der Waals surface area contributed by atoms with Gasteiger partial charge in [0.2, 0.25) is 5.88 Å². The van der Waals surface area contributed by atoms with Crippen molar-refractivity contribution in [3.05, 3.63) is 42.2 Å². The van der Waals surface area contributed by atoms with Crippen LogP contribution in [0, 0.1) is 0 Å². The Hall–Kier alpha value is -3.60. The second kappa shape index (κ2) is 8.98. The Morgan fingerprint density at radius 1 is 1.12 bits per heavy atom. The molecule has 1 saturated heterocycles. The topological polar surface area (TPSA) is 108 Å². The molecule has 0 spiro atoms. The largest absolute Gasteiger partial charge is 0.444 e. The summed E-state index contributed by atoms with van der Waals surface area (Å²) >= 11 is 1.32. The first-order chi connectivity index (χ1) is 16.4. The average Bonchev–Trinajstić information content (AvgIpc) is 3.50. The van der Waals surface area contributed by atoms with Crippen molar-refractivity contribution >= 4 is 28.7 Å². The SMILES string of the molecule is CC(C)(C)OC(=O)N1CCC(n2ncc3c(Oc4ccc(-c5csnn5)cc4)ncnc32)CC1. The number of fused-ring (bicyclic) bond motifs is 1. The Morgan fingerprint density at radius 2 is 1.88 bits per heavy atom. The highest BCUT2D eigenvalue weighted by atomic mass is 32.1. The van der Waals surface area contributed by atoms with Gasteiger partial charge < -0.3 is 14.4 Å². The van der Waals surface area contributed by atoms with E-state index >= 15 is 0 Å². The Bertz CT molecular complexity index is 1270. The molecule has 10 nitrogen and oxygen atoms in total. The van der Waals surface area contributed by atoms with Gasteiger partial charge in [-0.3, -0.25) is 0 Å². The Labute approximate surface area is 200 Å². The molecule has 0 atom stereocenters. The third-order valence-corrected chi connectivity index (χ3v) is 6.05. The van der Waals surface area contributed by atoms with Gasteiger partial charge in [-0.15, -0.1) is 5.10 Å². The van der Waals surface area contributed by atoms with Crippen LogP contribution in [0.3, 0.4) is 0 Å². The molecule has 0 N–H and O–H groups in total. The molecular weight excluding hydrogens is 454 g/mol. The number of ether oxygens (including phenoxy) is 2. The van der Waals surface area contributed by atoms with E-state index in [0.717, 1.165) is 29.5 Å². The summed E-state index contributed by atoms with van der Waals surface area (Å²) in [7, 11) is 0. The van der Waals surface area contributed by atoms with Gasteiger partial charge in [0.25, 0.3) is 0 Å². The first-order valence-electron chi connectivity index (χ1n) is 11.1. The quantitative estimate of drug-likeness (QED) is 0.414. The number of carbonyl (C=O) groups excluding carboxylic acids is 1. The number of amides is 1. The highest BCUT2D eigenvalue weighted by Crippen LogP contribution is 2.31. The van der Waals surface area contributed by atoms with Crippen LogP contribution in [-0.4, -0.2) is 59.0 Å². The van der Waals surface area contributed by atoms with E-state index in [0.29, 0.717) is 30.4 Å². The van der Waals surface area contributed by atoms with Gasteiger partial charge in [0.05, 0.1) is 12.2 Å². The van der Waals surface area contributed by atoms with E-state index in [1.54, 1.807) is 11.1 Å². The summed E-state index contributed by atoms with van der Waals surface area (Å²) in [5, 5.41) is 11.3. The van der Waals surface area contributed by atoms with Crippen molar-refractivity contribution in [3.63, 3.8) is 0 Å². The third kappa shape index (κ3) is 4.69. The number of hydrogen-bond donors (Lipinski definition) is 0. The molecule has 34 heavy (non-hydrogen) atoms. The van der Waals surface area contributed by atoms with Crippen LogP contribution in [0.15, 0.2) is 42.2 Å². The van der Waals surface area contributed by atoms with Crippen LogP contribution in [0.25, 0.3) is 22.3 Å². The predicted octanol–water partition coefficient (Wildman–Crippen LogP) is 4.71. The number of benzene rings is 1. The zero-order chi connectivity index (χ0) is 23.7. The summed E-state index contributed by atoms with van der Waals surface area (Å²) in [6, 6.07) is 7.75. The minimum atomic E-state index is -0.502. The van der Waals surface area contributed by atoms with Crippen molar-refractivity contribution in [3.8, 4) is 22.9 Å². The zero-order valence-corrected chi connectivity index (χ0v) is 20.0. The van der Waals surface area contributed by atoms with Crippen LogP contribution in [-0.2, 0) is 4.74 Å². The molecule has 0 bridgehead atoms. The van der Waals surface area contributed by atoms with Crippen molar-refractivity contribution in [2.45, 2.75) is 45.3 Å². The van der Waals surface area contributed by atoms with Crippen LogP contribution in [0.2, 0.25) is 0 Å². The second-order valence-electron chi connectivity index (χ2n) is 9.12. The number of aromatic nitrogens is 6. The maximum atomic E-state index is 12.4. The second-order valence-corrected chi connectivity index (χ2v) is 9.73. The smallest absolute Gasteiger partial charge is 0.410 e. The van der Waals surface area contributed by atoms with E-state index < -0.39 is 5.60 Å². The van der Waals surface area contributed by atoms with E-state index in [4.69, 9.17) is 9.47 Å². The first kappa shape index (κ1) is 22.2. The molecule has 1 aromatic carbocycles. The summed E-state index contributed by atoms with van der Waals surface area (Å²) in [5.74, 6) is 1.11. The molecule has 1 amide bonds. The molecule has 4 aromatic rings. The molecule has 0 radical (unpaired) electrons. The van der Waals surface area contributed by atoms with Gasteiger partial charge in [-0.05, 0) is 69.4 Å². The lowest BCUT2D eigenvalue weighted by Crippen LogP contribution is -2.42. The molecule has 11 heteroatoms. The minimum absolute atomic E-state index is 0.130. The van der Waals surface area contributed by atoms with Gasteiger partial charge in [0, 0.05) is 24.0 Å². The van der Waals surface area contributed by atoms with E-state index in [9.17, 15) is 4.79 Å². The average molecular weight is 480 g/mol. The number of rotatable bonds is 4. The number of piperidine rings is 1. The molecule has 0 unspecified atom stereocenters. The summed E-state index contributed by atoms with van der Waals surface area (Å²) < 4.78 is 17.4. The van der Waals surface area contributed by atoms with Gasteiger partial charge in [0.1, 0.15) is 28.8 Å². The molecule has 3 aromatic heterocycles. The van der Waals surface area contributed by atoms with Gasteiger partial charge >= 0.3 is 6.09 Å². The van der Waals surface area contributed by atoms with Gasteiger partial charge in [-0.2, -0.15) is 5.10 Å². The minimum Gasteiger partial charge on any atom is -0.444 e. The van der Waals surface area contributed by atoms with Crippen molar-refractivity contribution in [1.82, 2.24) is 34.2 Å². The van der Waals surface area contributed by atoms with E-state index in [-0.39, 0.29) is 12.1 Å². The lowest BCUT2D eigenvalue weighted by Gasteiger charge is -2.33. The molecule has 0 aliphatic carbocycles. The summed E-state index contributed by atoms with van der Waals surface area (Å²) in [6.45, 7) is 6.84. The van der Waals surface area contributed by atoms with Crippen LogP contribution < -0.4 is 4.74 Å². The fourth-order valence-corrected chi connectivity index (χ4v) is 4.37. The molecule has 0 saturated carbocycles. The molecule has 176 valence electrons. The Balaban J connectivity index is 1.29. The summed E-state index contributed by atoms with van der Waals surface area (Å²) in [5.41, 5.74) is 2.02. The fraction of sp³-hybridized carbons (Fsp3) is 0.391. The monoisotopic (exact) mass is 479 g/mol. The Morgan fingerprint density at radius 3 is 2.56 bits per heavy atom. The normalized spacial score (nSPS) is 15.0. The van der Waals surface area contributed by atoms with Crippen molar-refractivity contribution in [1.29, 1.82) is 0 Å². The van der Waals surface area contributed by atoms with Gasteiger partial charge in [0.15, 0.2) is 5.65 Å². The van der Waals surface area contributed by atoms with E-state index in [1.807, 2.05) is 55.1 Å². The maximum absolute atomic E-state index is 12.4. The van der Waals surface area contributed by atoms with Crippen molar-refractivity contribution in [2.75, 3.05) is 13.1 Å². The van der Waals surface area contributed by atoms with Gasteiger partial charge in [-0.1, -0.05) is 4.49 Å². The third-order valence-electron chi connectivity index (χ3n) is 5.54. The standard InChI is InChI=1S/C23H25N7O3S/c1-23(2,3)33-22(31)29-10-8-16(9-11-29)30-20-18(12-26-30)21(25-14-24-20)32-17-6-4-15(5-7-17)19-13-34-28-27-19/h4-7,12-14,16H,8-11H2,1-3H3. The maximum Gasteiger partial charge on any atom is 0.410 e. The van der Waals surface area contributed by atoms with Crippen LogP contribution >= 0.6 is 11.5 Å². The number of nitrogens with zero attached hydrogens (tertiary/aromatic N) is 7. The summed E-state index contributed by atoms with van der Waals surface area (Å²) in [6.07, 6.45) is 4.49. The van der Waals surface area contributed by atoms with Crippen LogP contribution in [0.1, 0.15) is 39.7 Å². The molecule has 4 heterocycles. The van der Waals surface area contributed by atoms with E-state index in [2.05, 4.69) is 24.7 Å². The van der Waals surface area contributed by atoms with Crippen molar-refractivity contribution in [2.24, 2.45) is 0 Å². The molecule has 5 rings (SSSR count). The molecule has 1 fully saturated rings. The summed E-state index contributed by atoms with van der Waals surface area (Å²) in [4.78, 5) is 22.9. The molecule has 1 aliphatic heterocycles. The predicted molar refractivity (Wildman–Crippen MR) is 127 cm³/mol. The fourth-order valence-electron chi connectivity index (χ4n) is 3.90. The lowest BCUT2D eigenvalue weighted by atomic mass is 10.1. The highest BCUT2D eigenvalue weighted by Gasteiger charge is 2.29. The van der Waals surface area contributed by atoms with Crippen LogP contribution in [0.4, 0.5) is 4.79 Å². The Kier molecular flexibility index (Phi) is 5.86. The molecule has 1 aliphatic rings. The highest BCUT2D eigenvalue weighted by molar-refractivity contribution is 7.03. The number of likely N-dealkylation sites (tertiary alicyclic amines) is 1. The molecular formula is C23H25N7O3S.